The number of anilines is 5. The SMILES string of the molecule is CC.Fc1nc(N2C3=C(C/C=C\CCC3)CCc3ccccc32)c(C(F)(F)F)c(N2c3ccccc3CCc3ccccc32)c1F. The van der Waals surface area contributed by atoms with E-state index in [-0.39, 0.29) is 0 Å². The Kier molecular flexibility index (Phi) is 8.98. The molecule has 8 heteroatoms. The zero-order valence-corrected chi connectivity index (χ0v) is 26.0. The van der Waals surface area contributed by atoms with E-state index in [9.17, 15) is 0 Å². The molecule has 1 aliphatic carbocycles. The summed E-state index contributed by atoms with van der Waals surface area (Å²) in [6, 6.07) is 21.2. The Morgan fingerprint density at radius 2 is 1.17 bits per heavy atom. The van der Waals surface area contributed by atoms with Gasteiger partial charge in [-0.2, -0.15) is 26.9 Å². The first-order chi connectivity index (χ1) is 22.3. The zero-order valence-electron chi connectivity index (χ0n) is 26.0. The van der Waals surface area contributed by atoms with Crippen molar-refractivity contribution in [2.45, 2.75) is 71.4 Å². The number of para-hydroxylation sites is 3. The quantitative estimate of drug-likeness (QED) is 0.125. The number of pyridine rings is 1. The van der Waals surface area contributed by atoms with Gasteiger partial charge in [0.15, 0.2) is 5.82 Å². The largest absolute Gasteiger partial charge is 0.422 e. The van der Waals surface area contributed by atoms with Crippen LogP contribution in [0.1, 0.15) is 68.2 Å². The van der Waals surface area contributed by atoms with Crippen molar-refractivity contribution < 1.29 is 22.0 Å². The highest BCUT2D eigenvalue weighted by molar-refractivity contribution is 5.87. The number of alkyl halides is 3. The fourth-order valence-electron chi connectivity index (χ4n) is 6.82. The van der Waals surface area contributed by atoms with Crippen LogP contribution in [0.3, 0.4) is 0 Å². The van der Waals surface area contributed by atoms with Gasteiger partial charge in [0.05, 0.1) is 5.69 Å². The van der Waals surface area contributed by atoms with Gasteiger partial charge in [-0.05, 0) is 91.8 Å². The molecule has 0 spiro atoms. The lowest BCUT2D eigenvalue weighted by Gasteiger charge is -2.35. The molecule has 3 nitrogen and oxygen atoms in total. The molecule has 46 heavy (non-hydrogen) atoms. The van der Waals surface area contributed by atoms with Crippen LogP contribution in [0, 0.1) is 11.8 Å². The molecule has 4 aromatic rings. The van der Waals surface area contributed by atoms with E-state index < -0.39 is 35.0 Å². The molecule has 0 bridgehead atoms. The van der Waals surface area contributed by atoms with Crippen molar-refractivity contribution in [1.29, 1.82) is 0 Å². The van der Waals surface area contributed by atoms with Crippen molar-refractivity contribution >= 4 is 28.6 Å². The number of benzene rings is 3. The summed E-state index contributed by atoms with van der Waals surface area (Å²) in [5.74, 6) is -3.85. The molecule has 3 aromatic carbocycles. The predicted molar refractivity (Wildman–Crippen MR) is 174 cm³/mol. The second-order valence-electron chi connectivity index (χ2n) is 11.4. The highest BCUT2D eigenvalue weighted by atomic mass is 19.4. The Morgan fingerprint density at radius 3 is 1.74 bits per heavy atom. The summed E-state index contributed by atoms with van der Waals surface area (Å²) >= 11 is 0. The monoisotopic (exact) mass is 629 g/mol. The fraction of sp³-hybridized carbons (Fsp3) is 0.289. The Labute approximate surface area is 266 Å². The number of fused-ring (bicyclic) bond motifs is 3. The van der Waals surface area contributed by atoms with E-state index in [4.69, 9.17) is 0 Å². The average Bonchev–Trinajstić information content (AvgIpc) is 3.30. The van der Waals surface area contributed by atoms with Crippen molar-refractivity contribution in [1.82, 2.24) is 4.98 Å². The normalized spacial score (nSPS) is 16.8. The fourth-order valence-corrected chi connectivity index (χ4v) is 6.82. The van der Waals surface area contributed by atoms with Gasteiger partial charge >= 0.3 is 6.18 Å². The van der Waals surface area contributed by atoms with Gasteiger partial charge in [0.2, 0.25) is 5.82 Å². The van der Waals surface area contributed by atoms with Gasteiger partial charge in [0.1, 0.15) is 11.3 Å². The average molecular weight is 630 g/mol. The molecule has 1 aromatic heterocycles. The van der Waals surface area contributed by atoms with E-state index in [0.29, 0.717) is 67.7 Å². The number of aromatic nitrogens is 1. The first kappa shape index (κ1) is 31.5. The van der Waals surface area contributed by atoms with Gasteiger partial charge in [-0.1, -0.05) is 80.6 Å². The molecule has 3 aliphatic rings. The van der Waals surface area contributed by atoms with Gasteiger partial charge < -0.3 is 4.90 Å². The van der Waals surface area contributed by atoms with E-state index in [1.54, 1.807) is 48.5 Å². The number of allylic oxidation sites excluding steroid dienone is 4. The van der Waals surface area contributed by atoms with Gasteiger partial charge in [0, 0.05) is 17.1 Å². The summed E-state index contributed by atoms with van der Waals surface area (Å²) < 4.78 is 79.0. The molecular formula is C38H36F5N3. The van der Waals surface area contributed by atoms with Crippen LogP contribution in [0.5, 0.6) is 0 Å². The highest BCUT2D eigenvalue weighted by Crippen LogP contribution is 2.53. The summed E-state index contributed by atoms with van der Waals surface area (Å²) in [5.41, 5.74) is 3.05. The zero-order chi connectivity index (χ0) is 32.4. The second-order valence-corrected chi connectivity index (χ2v) is 11.4. The van der Waals surface area contributed by atoms with Gasteiger partial charge in [0.25, 0.3) is 5.95 Å². The van der Waals surface area contributed by atoms with E-state index in [2.05, 4.69) is 11.1 Å². The summed E-state index contributed by atoms with van der Waals surface area (Å²) in [5, 5.41) is 0. The molecule has 0 amide bonds. The van der Waals surface area contributed by atoms with Crippen molar-refractivity contribution in [2.24, 2.45) is 0 Å². The number of rotatable bonds is 2. The topological polar surface area (TPSA) is 19.4 Å². The lowest BCUT2D eigenvalue weighted by Crippen LogP contribution is -2.28. The number of nitrogens with zero attached hydrogens (tertiary/aromatic N) is 3. The first-order valence-electron chi connectivity index (χ1n) is 16.0. The maximum Gasteiger partial charge on any atom is 0.422 e. The van der Waals surface area contributed by atoms with Crippen LogP contribution >= 0.6 is 0 Å². The molecule has 2 aliphatic heterocycles. The maximum atomic E-state index is 16.3. The summed E-state index contributed by atoms with van der Waals surface area (Å²) in [4.78, 5) is 6.55. The molecule has 0 unspecified atom stereocenters. The molecule has 0 fully saturated rings. The van der Waals surface area contributed by atoms with Crippen LogP contribution in [0.25, 0.3) is 0 Å². The van der Waals surface area contributed by atoms with Gasteiger partial charge in [-0.15, -0.1) is 0 Å². The van der Waals surface area contributed by atoms with Crippen LogP contribution in [-0.2, 0) is 25.4 Å². The standard InChI is InChI=1S/C36H30F5N3.C2H6/c37-32-33(43-27-16-8-5-12-23(27)19-20-24-13-6-9-17-28(24)43)31(36(39,40)41)35(42-34(32)38)44-29-15-4-2-1-3-11-25(29)21-22-26-14-7-10-18-30(26)44;1-2/h1,3,5-10,12-14,16-18H,2,4,11,15,19-22H2;1-2H3/b3-1-;. The molecule has 7 rings (SSSR count). The molecule has 238 valence electrons. The van der Waals surface area contributed by atoms with Crippen molar-refractivity contribution in [3.63, 3.8) is 0 Å². The molecule has 0 radical (unpaired) electrons. The lowest BCUT2D eigenvalue weighted by molar-refractivity contribution is -0.136. The molecule has 3 heterocycles. The van der Waals surface area contributed by atoms with E-state index in [0.717, 1.165) is 28.7 Å². The Hall–Kier alpha value is -4.46. The van der Waals surface area contributed by atoms with E-state index in [1.165, 1.54) is 9.80 Å². The van der Waals surface area contributed by atoms with Crippen LogP contribution in [0.15, 0.2) is 96.2 Å². The molecule has 0 saturated carbocycles. The maximum absolute atomic E-state index is 16.3. The highest BCUT2D eigenvalue weighted by Gasteiger charge is 2.45. The summed E-state index contributed by atoms with van der Waals surface area (Å²) in [6.45, 7) is 4.00. The minimum atomic E-state index is -5.08. The third-order valence-corrected chi connectivity index (χ3v) is 8.82. The molecule has 0 N–H and O–H groups in total. The predicted octanol–water partition coefficient (Wildman–Crippen LogP) is 11.4. The van der Waals surface area contributed by atoms with Crippen LogP contribution in [0.4, 0.5) is 50.5 Å². The Morgan fingerprint density at radius 1 is 0.652 bits per heavy atom. The first-order valence-corrected chi connectivity index (χ1v) is 16.0. The van der Waals surface area contributed by atoms with Crippen molar-refractivity contribution in [3.8, 4) is 0 Å². The smallest absolute Gasteiger partial charge is 0.306 e. The van der Waals surface area contributed by atoms with E-state index in [1.807, 2.05) is 44.2 Å². The molecule has 0 atom stereocenters. The minimum Gasteiger partial charge on any atom is -0.306 e. The lowest BCUT2D eigenvalue weighted by atomic mass is 9.97. The number of hydrogen-bond acceptors (Lipinski definition) is 3. The molecular weight excluding hydrogens is 593 g/mol. The number of aryl methyl sites for hydroxylation is 3. The Balaban J connectivity index is 0.00000182. The van der Waals surface area contributed by atoms with Crippen LogP contribution in [-0.4, -0.2) is 4.98 Å². The van der Waals surface area contributed by atoms with Crippen LogP contribution in [0.2, 0.25) is 0 Å². The van der Waals surface area contributed by atoms with E-state index >= 15 is 22.0 Å². The Bertz CT molecular complexity index is 1760. The van der Waals surface area contributed by atoms with Gasteiger partial charge in [-0.25, -0.2) is 0 Å². The van der Waals surface area contributed by atoms with Crippen molar-refractivity contribution in [3.05, 3.63) is 130 Å². The number of halogens is 5. The van der Waals surface area contributed by atoms with Gasteiger partial charge in [-0.3, -0.25) is 4.90 Å². The van der Waals surface area contributed by atoms with Crippen molar-refractivity contribution in [2.75, 3.05) is 9.80 Å². The third kappa shape index (κ3) is 5.70. The summed E-state index contributed by atoms with van der Waals surface area (Å²) in [7, 11) is 0. The molecule has 0 saturated heterocycles. The second kappa shape index (κ2) is 13.1. The van der Waals surface area contributed by atoms with Crippen LogP contribution < -0.4 is 9.80 Å². The number of hydrogen-bond donors (Lipinski definition) is 0. The third-order valence-electron chi connectivity index (χ3n) is 8.82. The minimum absolute atomic E-state index is 0.380. The summed E-state index contributed by atoms with van der Waals surface area (Å²) in [6.07, 6.45) is 3.94.